The average Bonchev–Trinajstić information content (AvgIpc) is 3.23. The van der Waals surface area contributed by atoms with E-state index in [0.29, 0.717) is 44.4 Å². The molecule has 1 fully saturated rings. The zero-order valence-corrected chi connectivity index (χ0v) is 15.4. The number of carbonyl (C=O) groups is 1. The lowest BCUT2D eigenvalue weighted by Gasteiger charge is -2.36. The molecule has 0 unspecified atom stereocenters. The number of hydrogen-bond donors (Lipinski definition) is 1. The zero-order chi connectivity index (χ0) is 20.1. The summed E-state index contributed by atoms with van der Waals surface area (Å²) in [5.74, 6) is 0.820. The lowest BCUT2D eigenvalue weighted by Crippen LogP contribution is -2.53. The van der Waals surface area contributed by atoms with Gasteiger partial charge in [-0.25, -0.2) is 0 Å². The van der Waals surface area contributed by atoms with E-state index in [9.17, 15) is 18.0 Å². The van der Waals surface area contributed by atoms with Crippen molar-refractivity contribution >= 4 is 11.9 Å². The first-order valence-corrected chi connectivity index (χ1v) is 8.83. The van der Waals surface area contributed by atoms with Gasteiger partial charge < -0.3 is 19.5 Å². The number of furan rings is 1. The Morgan fingerprint density at radius 1 is 1.11 bits per heavy atom. The van der Waals surface area contributed by atoms with Crippen molar-refractivity contribution in [2.75, 3.05) is 33.2 Å². The smallest absolute Gasteiger partial charge is 0.416 e. The van der Waals surface area contributed by atoms with Crippen molar-refractivity contribution in [2.45, 2.75) is 12.7 Å². The van der Waals surface area contributed by atoms with Gasteiger partial charge in [-0.3, -0.25) is 9.79 Å². The largest absolute Gasteiger partial charge is 0.459 e. The Balaban J connectivity index is 1.52. The van der Waals surface area contributed by atoms with Crippen molar-refractivity contribution < 1.29 is 22.4 Å². The molecule has 1 aliphatic heterocycles. The highest BCUT2D eigenvalue weighted by Crippen LogP contribution is 2.29. The van der Waals surface area contributed by atoms with Crippen molar-refractivity contribution in [3.63, 3.8) is 0 Å². The molecule has 1 saturated heterocycles. The van der Waals surface area contributed by atoms with Crippen LogP contribution in [0.5, 0.6) is 0 Å². The number of aliphatic imine (C=N–C) groups is 1. The second-order valence-corrected chi connectivity index (χ2v) is 6.35. The number of carbonyl (C=O) groups excluding carboxylic acids is 1. The summed E-state index contributed by atoms with van der Waals surface area (Å²) >= 11 is 0. The second kappa shape index (κ2) is 8.37. The fourth-order valence-corrected chi connectivity index (χ4v) is 3.00. The molecule has 2 heterocycles. The van der Waals surface area contributed by atoms with E-state index in [1.54, 1.807) is 24.1 Å². The minimum absolute atomic E-state index is 0.141. The quantitative estimate of drug-likeness (QED) is 0.643. The summed E-state index contributed by atoms with van der Waals surface area (Å²) in [5.41, 5.74) is 0.0544. The predicted molar refractivity (Wildman–Crippen MR) is 97.8 cm³/mol. The molecular formula is C19H21F3N4O2. The average molecular weight is 394 g/mol. The summed E-state index contributed by atoms with van der Waals surface area (Å²) in [6.07, 6.45) is -2.87. The zero-order valence-electron chi connectivity index (χ0n) is 15.4. The number of halogens is 3. The molecule has 150 valence electrons. The fraction of sp³-hybridized carbons (Fsp3) is 0.368. The van der Waals surface area contributed by atoms with Crippen LogP contribution in [0.15, 0.2) is 52.1 Å². The Labute approximate surface area is 160 Å². The van der Waals surface area contributed by atoms with E-state index >= 15 is 0 Å². The Bertz CT molecular complexity index is 809. The highest BCUT2D eigenvalue weighted by atomic mass is 19.4. The minimum atomic E-state index is -4.34. The van der Waals surface area contributed by atoms with Crippen LogP contribution in [0.2, 0.25) is 0 Å². The van der Waals surface area contributed by atoms with Crippen molar-refractivity contribution in [2.24, 2.45) is 4.99 Å². The number of benzene rings is 1. The molecule has 2 aromatic rings. The molecule has 6 nitrogen and oxygen atoms in total. The number of hydrogen-bond acceptors (Lipinski definition) is 3. The number of nitrogens with one attached hydrogen (secondary N) is 1. The third-order valence-electron chi connectivity index (χ3n) is 4.54. The summed E-state index contributed by atoms with van der Waals surface area (Å²) in [6.45, 7) is 2.61. The molecule has 0 saturated carbocycles. The van der Waals surface area contributed by atoms with Crippen LogP contribution in [0.1, 0.15) is 21.7 Å². The number of nitrogens with zero attached hydrogens (tertiary/aromatic N) is 3. The molecule has 3 rings (SSSR count). The van der Waals surface area contributed by atoms with Crippen LogP contribution in [-0.2, 0) is 12.7 Å². The second-order valence-electron chi connectivity index (χ2n) is 6.35. The number of guanidine groups is 1. The van der Waals surface area contributed by atoms with Crippen LogP contribution in [0.25, 0.3) is 0 Å². The monoisotopic (exact) mass is 394 g/mol. The molecular weight excluding hydrogens is 373 g/mol. The normalized spacial score (nSPS) is 15.6. The summed E-state index contributed by atoms with van der Waals surface area (Å²) in [5, 5.41) is 3.16. The van der Waals surface area contributed by atoms with Gasteiger partial charge in [-0.15, -0.1) is 0 Å². The van der Waals surface area contributed by atoms with Gasteiger partial charge in [0.1, 0.15) is 0 Å². The number of amides is 1. The van der Waals surface area contributed by atoms with Gasteiger partial charge in [0.25, 0.3) is 5.91 Å². The van der Waals surface area contributed by atoms with Crippen LogP contribution in [0, 0.1) is 0 Å². The molecule has 1 N–H and O–H groups in total. The summed E-state index contributed by atoms with van der Waals surface area (Å²) in [7, 11) is 1.65. The Morgan fingerprint density at radius 3 is 2.29 bits per heavy atom. The van der Waals surface area contributed by atoms with Crippen molar-refractivity contribution in [1.29, 1.82) is 0 Å². The fourth-order valence-electron chi connectivity index (χ4n) is 3.00. The standard InChI is InChI=1S/C19H21F3N4O2/c1-23-18(24-13-14-4-6-15(7-5-14)19(20,21)22)26-10-8-25(9-11-26)17(27)16-3-2-12-28-16/h2-7,12H,8-11,13H2,1H3,(H,23,24). The van der Waals surface area contributed by atoms with E-state index in [2.05, 4.69) is 10.3 Å². The van der Waals surface area contributed by atoms with Crippen LogP contribution in [0.4, 0.5) is 13.2 Å². The molecule has 1 aliphatic rings. The molecule has 28 heavy (non-hydrogen) atoms. The van der Waals surface area contributed by atoms with Crippen molar-refractivity contribution in [3.8, 4) is 0 Å². The third-order valence-corrected chi connectivity index (χ3v) is 4.54. The maximum Gasteiger partial charge on any atom is 0.416 e. The summed E-state index contributed by atoms with van der Waals surface area (Å²) < 4.78 is 43.1. The first-order valence-electron chi connectivity index (χ1n) is 8.83. The van der Waals surface area contributed by atoms with Gasteiger partial charge in [-0.2, -0.15) is 13.2 Å². The number of alkyl halides is 3. The highest BCUT2D eigenvalue weighted by Gasteiger charge is 2.30. The van der Waals surface area contributed by atoms with Crippen LogP contribution < -0.4 is 5.32 Å². The Morgan fingerprint density at radius 2 is 1.75 bits per heavy atom. The first kappa shape index (κ1) is 19.8. The molecule has 0 aliphatic carbocycles. The molecule has 0 spiro atoms. The molecule has 0 radical (unpaired) electrons. The Hall–Kier alpha value is -2.97. The summed E-state index contributed by atoms with van der Waals surface area (Å²) in [4.78, 5) is 20.3. The van der Waals surface area contributed by atoms with Gasteiger partial charge in [-0.05, 0) is 29.8 Å². The molecule has 1 aromatic carbocycles. The van der Waals surface area contributed by atoms with E-state index < -0.39 is 11.7 Å². The van der Waals surface area contributed by atoms with E-state index in [4.69, 9.17) is 4.42 Å². The predicted octanol–water partition coefficient (Wildman–Crippen LogP) is 2.83. The van der Waals surface area contributed by atoms with E-state index in [1.165, 1.54) is 18.4 Å². The number of rotatable bonds is 3. The van der Waals surface area contributed by atoms with Gasteiger partial charge in [0, 0.05) is 39.8 Å². The van der Waals surface area contributed by atoms with Crippen LogP contribution in [-0.4, -0.2) is 54.9 Å². The molecule has 9 heteroatoms. The van der Waals surface area contributed by atoms with E-state index in [0.717, 1.165) is 17.7 Å². The molecule has 1 aromatic heterocycles. The Kier molecular flexibility index (Phi) is 5.91. The molecule has 1 amide bonds. The van der Waals surface area contributed by atoms with Gasteiger partial charge in [0.15, 0.2) is 11.7 Å². The maximum atomic E-state index is 12.6. The van der Waals surface area contributed by atoms with Crippen molar-refractivity contribution in [1.82, 2.24) is 15.1 Å². The maximum absolute atomic E-state index is 12.6. The van der Waals surface area contributed by atoms with Crippen molar-refractivity contribution in [3.05, 3.63) is 59.5 Å². The molecule has 0 bridgehead atoms. The first-order chi connectivity index (χ1) is 13.4. The van der Waals surface area contributed by atoms with E-state index in [1.807, 2.05) is 4.90 Å². The lowest BCUT2D eigenvalue weighted by molar-refractivity contribution is -0.137. The highest BCUT2D eigenvalue weighted by molar-refractivity contribution is 5.91. The van der Waals surface area contributed by atoms with Crippen LogP contribution in [0.3, 0.4) is 0 Å². The van der Waals surface area contributed by atoms with Gasteiger partial charge >= 0.3 is 6.18 Å². The topological polar surface area (TPSA) is 61.1 Å². The van der Waals surface area contributed by atoms with Gasteiger partial charge in [-0.1, -0.05) is 12.1 Å². The van der Waals surface area contributed by atoms with Gasteiger partial charge in [0.05, 0.1) is 11.8 Å². The van der Waals surface area contributed by atoms with Crippen LogP contribution >= 0.6 is 0 Å². The van der Waals surface area contributed by atoms with E-state index in [-0.39, 0.29) is 5.91 Å². The SMILES string of the molecule is CN=C(NCc1ccc(C(F)(F)F)cc1)N1CCN(C(=O)c2ccco2)CC1. The third kappa shape index (κ3) is 4.65. The lowest BCUT2D eigenvalue weighted by atomic mass is 10.1. The molecule has 0 atom stereocenters. The summed E-state index contributed by atoms with van der Waals surface area (Å²) in [6, 6.07) is 8.35. The number of piperazine rings is 1. The van der Waals surface area contributed by atoms with Gasteiger partial charge in [0.2, 0.25) is 0 Å². The minimum Gasteiger partial charge on any atom is -0.459 e.